The maximum Gasteiger partial charge on any atom is 0.253 e. The maximum atomic E-state index is 12.6. The fraction of sp³-hybridized carbons (Fsp3) is 0.562. The predicted octanol–water partition coefficient (Wildman–Crippen LogP) is 1.88. The van der Waals surface area contributed by atoms with Crippen LogP contribution < -0.4 is 5.32 Å². The summed E-state index contributed by atoms with van der Waals surface area (Å²) in [6.07, 6.45) is 2.17. The molecule has 22 heavy (non-hydrogen) atoms. The van der Waals surface area contributed by atoms with Gasteiger partial charge >= 0.3 is 0 Å². The fourth-order valence-corrected chi connectivity index (χ4v) is 3.04. The lowest BCUT2D eigenvalue weighted by atomic mass is 10.1. The van der Waals surface area contributed by atoms with E-state index in [-0.39, 0.29) is 18.1 Å². The summed E-state index contributed by atoms with van der Waals surface area (Å²) in [5.74, 6) is -0.0989. The Kier molecular flexibility index (Phi) is 3.87. The van der Waals surface area contributed by atoms with Crippen LogP contribution in [0.15, 0.2) is 6.07 Å². The second kappa shape index (κ2) is 5.68. The van der Waals surface area contributed by atoms with Gasteiger partial charge in [0.15, 0.2) is 5.65 Å². The molecule has 0 aliphatic carbocycles. The van der Waals surface area contributed by atoms with E-state index in [1.54, 1.807) is 4.68 Å². The maximum absolute atomic E-state index is 12.6. The summed E-state index contributed by atoms with van der Waals surface area (Å²) in [6.45, 7) is 6.56. The first-order chi connectivity index (χ1) is 10.5. The molecule has 1 aliphatic heterocycles. The van der Waals surface area contributed by atoms with E-state index < -0.39 is 0 Å². The molecule has 6 heteroatoms. The average Bonchev–Trinajstić information content (AvgIpc) is 3.08. The van der Waals surface area contributed by atoms with Gasteiger partial charge in [0.1, 0.15) is 0 Å². The number of hydrogen-bond donors (Lipinski definition) is 1. The molecule has 118 valence electrons. The third-order valence-corrected chi connectivity index (χ3v) is 4.32. The molecule has 1 saturated heterocycles. The van der Waals surface area contributed by atoms with E-state index in [1.807, 2.05) is 33.9 Å². The van der Waals surface area contributed by atoms with Crippen LogP contribution in [0.3, 0.4) is 0 Å². The highest BCUT2D eigenvalue weighted by Gasteiger charge is 2.25. The second-order valence-corrected chi connectivity index (χ2v) is 6.02. The molecule has 0 bridgehead atoms. The van der Waals surface area contributed by atoms with Crippen LogP contribution in [0, 0.1) is 13.8 Å². The number of nitrogens with one attached hydrogen (secondary N) is 1. The van der Waals surface area contributed by atoms with Gasteiger partial charge in [-0.15, -0.1) is 0 Å². The largest absolute Gasteiger partial charge is 0.376 e. The van der Waals surface area contributed by atoms with Crippen molar-refractivity contribution >= 4 is 16.9 Å². The molecule has 2 aromatic heterocycles. The van der Waals surface area contributed by atoms with Gasteiger partial charge in [0.2, 0.25) is 0 Å². The number of ether oxygens (including phenoxy) is 1. The van der Waals surface area contributed by atoms with Crippen molar-refractivity contribution in [2.75, 3.05) is 6.61 Å². The minimum absolute atomic E-state index is 0.0000854. The molecular formula is C16H22N4O2. The first-order valence-corrected chi connectivity index (χ1v) is 7.71. The highest BCUT2D eigenvalue weighted by Crippen LogP contribution is 2.20. The van der Waals surface area contributed by atoms with Crippen LogP contribution in [-0.4, -0.2) is 39.4 Å². The number of amides is 1. The topological polar surface area (TPSA) is 69.0 Å². The predicted molar refractivity (Wildman–Crippen MR) is 83.9 cm³/mol. The van der Waals surface area contributed by atoms with Crippen LogP contribution in [0.25, 0.3) is 11.0 Å². The minimum Gasteiger partial charge on any atom is -0.376 e. The molecule has 0 aromatic carbocycles. The molecule has 6 nitrogen and oxygen atoms in total. The van der Waals surface area contributed by atoms with Crippen LogP contribution in [0.1, 0.15) is 41.5 Å². The van der Waals surface area contributed by atoms with Gasteiger partial charge in [0.25, 0.3) is 5.91 Å². The molecule has 3 rings (SSSR count). The summed E-state index contributed by atoms with van der Waals surface area (Å²) in [4.78, 5) is 17.1. The van der Waals surface area contributed by atoms with Crippen molar-refractivity contribution in [1.82, 2.24) is 20.1 Å². The Bertz CT molecular complexity index is 716. The van der Waals surface area contributed by atoms with Crippen LogP contribution >= 0.6 is 0 Å². The monoisotopic (exact) mass is 302 g/mol. The number of nitrogens with zero attached hydrogens (tertiary/aromatic N) is 3. The van der Waals surface area contributed by atoms with E-state index in [2.05, 4.69) is 15.4 Å². The number of hydrogen-bond acceptors (Lipinski definition) is 4. The number of carbonyl (C=O) groups excluding carboxylic acids is 1. The molecule has 2 atom stereocenters. The summed E-state index contributed by atoms with van der Waals surface area (Å²) in [5, 5.41) is 8.32. The molecule has 2 aromatic rings. The van der Waals surface area contributed by atoms with Crippen molar-refractivity contribution in [2.45, 2.75) is 45.8 Å². The molecule has 3 heterocycles. The Morgan fingerprint density at radius 2 is 2.23 bits per heavy atom. The Morgan fingerprint density at radius 3 is 2.91 bits per heavy atom. The van der Waals surface area contributed by atoms with Crippen LogP contribution in [-0.2, 0) is 11.8 Å². The molecular weight excluding hydrogens is 280 g/mol. The third-order valence-electron chi connectivity index (χ3n) is 4.32. The number of rotatable bonds is 3. The van der Waals surface area contributed by atoms with Crippen molar-refractivity contribution in [3.63, 3.8) is 0 Å². The van der Waals surface area contributed by atoms with Crippen molar-refractivity contribution < 1.29 is 9.53 Å². The van der Waals surface area contributed by atoms with E-state index in [9.17, 15) is 4.79 Å². The van der Waals surface area contributed by atoms with Gasteiger partial charge in [-0.25, -0.2) is 4.98 Å². The number of aryl methyl sites for hydroxylation is 3. The zero-order chi connectivity index (χ0) is 15.9. The Morgan fingerprint density at radius 1 is 1.45 bits per heavy atom. The Labute approximate surface area is 129 Å². The minimum atomic E-state index is -0.0989. The first-order valence-electron chi connectivity index (χ1n) is 7.71. The summed E-state index contributed by atoms with van der Waals surface area (Å²) < 4.78 is 7.38. The molecule has 1 fully saturated rings. The van der Waals surface area contributed by atoms with Gasteiger partial charge in [0.05, 0.1) is 29.1 Å². The number of pyridine rings is 1. The molecule has 1 amide bonds. The van der Waals surface area contributed by atoms with Crippen molar-refractivity contribution in [3.8, 4) is 0 Å². The number of aromatic nitrogens is 3. The smallest absolute Gasteiger partial charge is 0.253 e. The van der Waals surface area contributed by atoms with Gasteiger partial charge in [0, 0.05) is 19.0 Å². The van der Waals surface area contributed by atoms with Crippen molar-refractivity contribution in [2.24, 2.45) is 7.05 Å². The molecule has 2 unspecified atom stereocenters. The van der Waals surface area contributed by atoms with Crippen molar-refractivity contribution in [1.29, 1.82) is 0 Å². The lowest BCUT2D eigenvalue weighted by Crippen LogP contribution is -2.41. The summed E-state index contributed by atoms with van der Waals surface area (Å²) in [6, 6.07) is 1.89. The van der Waals surface area contributed by atoms with Gasteiger partial charge < -0.3 is 10.1 Å². The standard InChI is InChI=1S/C16H22N4O2/c1-9-13(8-12-10(2)19-20(4)15(12)17-9)16(21)18-11(3)14-6-5-7-22-14/h8,11,14H,5-7H2,1-4H3,(H,18,21). The number of fused-ring (bicyclic) bond motifs is 1. The SMILES string of the molecule is Cc1nc2c(cc1C(=O)NC(C)C1CCCO1)c(C)nn2C. The molecule has 1 aliphatic rings. The molecule has 0 radical (unpaired) electrons. The van der Waals surface area contributed by atoms with Gasteiger partial charge in [-0.1, -0.05) is 0 Å². The van der Waals surface area contributed by atoms with Gasteiger partial charge in [-0.3, -0.25) is 9.48 Å². The summed E-state index contributed by atoms with van der Waals surface area (Å²) in [7, 11) is 1.86. The van der Waals surface area contributed by atoms with E-state index in [1.165, 1.54) is 0 Å². The molecule has 0 saturated carbocycles. The normalized spacial score (nSPS) is 19.5. The first kappa shape index (κ1) is 15.0. The van der Waals surface area contributed by atoms with Gasteiger partial charge in [-0.2, -0.15) is 5.10 Å². The second-order valence-electron chi connectivity index (χ2n) is 6.02. The third kappa shape index (κ3) is 2.59. The van der Waals surface area contributed by atoms with Crippen LogP contribution in [0.4, 0.5) is 0 Å². The Balaban J connectivity index is 1.87. The lowest BCUT2D eigenvalue weighted by molar-refractivity contribution is 0.0712. The van der Waals surface area contributed by atoms with E-state index in [4.69, 9.17) is 4.74 Å². The quantitative estimate of drug-likeness (QED) is 0.940. The Hall–Kier alpha value is -1.95. The zero-order valence-corrected chi connectivity index (χ0v) is 13.5. The van der Waals surface area contributed by atoms with E-state index in [0.29, 0.717) is 11.3 Å². The molecule has 0 spiro atoms. The van der Waals surface area contributed by atoms with E-state index in [0.717, 1.165) is 36.2 Å². The summed E-state index contributed by atoms with van der Waals surface area (Å²) in [5.41, 5.74) is 3.01. The summed E-state index contributed by atoms with van der Waals surface area (Å²) >= 11 is 0. The van der Waals surface area contributed by atoms with Crippen LogP contribution in [0.5, 0.6) is 0 Å². The zero-order valence-electron chi connectivity index (χ0n) is 13.5. The highest BCUT2D eigenvalue weighted by molar-refractivity contribution is 5.98. The lowest BCUT2D eigenvalue weighted by Gasteiger charge is -2.20. The molecule has 1 N–H and O–H groups in total. The number of carbonyl (C=O) groups is 1. The van der Waals surface area contributed by atoms with Crippen molar-refractivity contribution in [3.05, 3.63) is 23.0 Å². The fourth-order valence-electron chi connectivity index (χ4n) is 3.04. The highest BCUT2D eigenvalue weighted by atomic mass is 16.5. The van der Waals surface area contributed by atoms with Gasteiger partial charge in [-0.05, 0) is 39.7 Å². The van der Waals surface area contributed by atoms with E-state index >= 15 is 0 Å². The average molecular weight is 302 g/mol. The van der Waals surface area contributed by atoms with Crippen LogP contribution in [0.2, 0.25) is 0 Å².